The smallest absolute Gasteiger partial charge is 0.433 e. The van der Waals surface area contributed by atoms with E-state index < -0.39 is 12.1 Å². The summed E-state index contributed by atoms with van der Waals surface area (Å²) in [5, 5.41) is 8.86. The van der Waals surface area contributed by atoms with Crippen LogP contribution in [0.1, 0.15) is 66.7 Å². The van der Waals surface area contributed by atoms with Crippen molar-refractivity contribution in [2.75, 3.05) is 6.61 Å². The molecule has 0 saturated carbocycles. The maximum absolute atomic E-state index is 11.4. The molecule has 0 saturated heterocycles. The number of carbonyl (C=O) groups excluding carboxylic acids is 1. The average molecular weight is 287 g/mol. The van der Waals surface area contributed by atoms with Gasteiger partial charge in [-0.15, -0.1) is 0 Å². The molecule has 0 aliphatic rings. The van der Waals surface area contributed by atoms with Crippen LogP contribution < -0.4 is 0 Å². The van der Waals surface area contributed by atoms with Crippen molar-refractivity contribution in [3.8, 4) is 0 Å². The highest BCUT2D eigenvalue weighted by molar-refractivity contribution is 5.96. The monoisotopic (exact) mass is 287 g/mol. The minimum absolute atomic E-state index is 0.0124. The van der Waals surface area contributed by atoms with E-state index in [1.165, 1.54) is 0 Å². The van der Waals surface area contributed by atoms with E-state index in [9.17, 15) is 9.59 Å². The number of amides is 1. The zero-order valence-corrected chi connectivity index (χ0v) is 13.4. The van der Waals surface area contributed by atoms with E-state index >= 15 is 0 Å². The number of aliphatic carboxylic acids is 1. The second-order valence-electron chi connectivity index (χ2n) is 4.11. The van der Waals surface area contributed by atoms with Crippen molar-refractivity contribution in [2.24, 2.45) is 10.9 Å². The van der Waals surface area contributed by atoms with Gasteiger partial charge in [-0.05, 0) is 26.2 Å². The number of aliphatic imine (C=N–C) groups is 1. The zero-order valence-electron chi connectivity index (χ0n) is 13.4. The first kappa shape index (κ1) is 20.9. The number of rotatable bonds is 8. The highest BCUT2D eigenvalue weighted by Gasteiger charge is 2.18. The summed E-state index contributed by atoms with van der Waals surface area (Å²) in [7, 11) is 0. The first-order valence-corrected chi connectivity index (χ1v) is 7.51. The molecular formula is C15H29NO4. The summed E-state index contributed by atoms with van der Waals surface area (Å²) in [5.74, 6) is -1.05. The van der Waals surface area contributed by atoms with Crippen LogP contribution in [0.25, 0.3) is 0 Å². The van der Waals surface area contributed by atoms with Gasteiger partial charge in [-0.2, -0.15) is 4.99 Å². The summed E-state index contributed by atoms with van der Waals surface area (Å²) >= 11 is 0. The third kappa shape index (κ3) is 10.5. The third-order valence-electron chi connectivity index (χ3n) is 2.67. The van der Waals surface area contributed by atoms with Crippen LogP contribution in [0.2, 0.25) is 0 Å². The topological polar surface area (TPSA) is 76.0 Å². The largest absolute Gasteiger partial charge is 0.481 e. The van der Waals surface area contributed by atoms with Crippen molar-refractivity contribution >= 4 is 17.8 Å². The molecule has 0 radical (unpaired) electrons. The number of nitrogens with zero attached hydrogens (tertiary/aromatic N) is 1. The Balaban J connectivity index is 0. The SMILES string of the molecule is CC.CCCC/C(=N\C(=O)OCC)C(CC)CC(=O)O. The molecule has 1 atom stereocenters. The number of hydrogen-bond acceptors (Lipinski definition) is 3. The van der Waals surface area contributed by atoms with Crippen LogP contribution in [-0.4, -0.2) is 29.5 Å². The molecule has 0 rings (SSSR count). The molecular weight excluding hydrogens is 258 g/mol. The van der Waals surface area contributed by atoms with Crippen molar-refractivity contribution < 1.29 is 19.4 Å². The van der Waals surface area contributed by atoms with E-state index in [1.807, 2.05) is 27.7 Å². The van der Waals surface area contributed by atoms with Crippen molar-refractivity contribution in [3.63, 3.8) is 0 Å². The fraction of sp³-hybridized carbons (Fsp3) is 0.800. The van der Waals surface area contributed by atoms with Crippen molar-refractivity contribution in [1.82, 2.24) is 0 Å². The van der Waals surface area contributed by atoms with Crippen LogP contribution in [0.5, 0.6) is 0 Å². The van der Waals surface area contributed by atoms with E-state index in [0.717, 1.165) is 12.8 Å². The molecule has 0 aromatic carbocycles. The van der Waals surface area contributed by atoms with Gasteiger partial charge in [0.25, 0.3) is 0 Å². The molecule has 5 nitrogen and oxygen atoms in total. The Bertz CT molecular complexity index is 300. The average Bonchev–Trinajstić information content (AvgIpc) is 2.43. The maximum Gasteiger partial charge on any atom is 0.433 e. The summed E-state index contributed by atoms with van der Waals surface area (Å²) in [6, 6.07) is 0. The van der Waals surface area contributed by atoms with Gasteiger partial charge in [0.2, 0.25) is 0 Å². The molecule has 0 aliphatic heterocycles. The summed E-state index contributed by atoms with van der Waals surface area (Å²) in [4.78, 5) is 26.1. The Morgan fingerprint density at radius 3 is 2.20 bits per heavy atom. The fourth-order valence-electron chi connectivity index (χ4n) is 1.69. The number of carboxylic acid groups (broad SMARTS) is 1. The molecule has 1 unspecified atom stereocenters. The van der Waals surface area contributed by atoms with Crippen molar-refractivity contribution in [2.45, 2.75) is 66.7 Å². The minimum atomic E-state index is -0.866. The van der Waals surface area contributed by atoms with Crippen LogP contribution in [0.3, 0.4) is 0 Å². The van der Waals surface area contributed by atoms with Gasteiger partial charge in [0, 0.05) is 11.6 Å². The van der Waals surface area contributed by atoms with E-state index in [4.69, 9.17) is 9.84 Å². The van der Waals surface area contributed by atoms with Crippen molar-refractivity contribution in [1.29, 1.82) is 0 Å². The van der Waals surface area contributed by atoms with E-state index in [-0.39, 0.29) is 18.9 Å². The van der Waals surface area contributed by atoms with E-state index in [2.05, 4.69) is 4.99 Å². The molecule has 0 aliphatic carbocycles. The number of carbonyl (C=O) groups is 2. The van der Waals surface area contributed by atoms with Gasteiger partial charge in [-0.25, -0.2) is 4.79 Å². The van der Waals surface area contributed by atoms with Gasteiger partial charge >= 0.3 is 12.1 Å². The number of carboxylic acids is 1. The normalized spacial score (nSPS) is 12.2. The Kier molecular flexibility index (Phi) is 14.7. The lowest BCUT2D eigenvalue weighted by Crippen LogP contribution is -2.19. The Morgan fingerprint density at radius 1 is 1.20 bits per heavy atom. The Hall–Kier alpha value is -1.39. The lowest BCUT2D eigenvalue weighted by molar-refractivity contribution is -0.137. The van der Waals surface area contributed by atoms with Crippen molar-refractivity contribution in [3.05, 3.63) is 0 Å². The number of hydrogen-bond donors (Lipinski definition) is 1. The summed E-state index contributed by atoms with van der Waals surface area (Å²) in [6.07, 6.45) is 2.58. The quantitative estimate of drug-likeness (QED) is 0.675. The van der Waals surface area contributed by atoms with Gasteiger partial charge in [0.15, 0.2) is 0 Å². The summed E-state index contributed by atoms with van der Waals surface area (Å²) < 4.78 is 4.78. The Labute approximate surface area is 122 Å². The molecule has 20 heavy (non-hydrogen) atoms. The van der Waals surface area contributed by atoms with E-state index in [0.29, 0.717) is 18.6 Å². The van der Waals surface area contributed by atoms with Crippen LogP contribution in [0, 0.1) is 5.92 Å². The summed E-state index contributed by atoms with van der Waals surface area (Å²) in [6.45, 7) is 9.94. The molecule has 0 bridgehead atoms. The zero-order chi connectivity index (χ0) is 16.0. The van der Waals surface area contributed by atoms with Crippen LogP contribution in [-0.2, 0) is 9.53 Å². The summed E-state index contributed by atoms with van der Waals surface area (Å²) in [5.41, 5.74) is 0.653. The molecule has 1 N–H and O–H groups in total. The van der Waals surface area contributed by atoms with Gasteiger partial charge < -0.3 is 9.84 Å². The molecule has 0 heterocycles. The fourth-order valence-corrected chi connectivity index (χ4v) is 1.69. The second kappa shape index (κ2) is 14.0. The molecule has 118 valence electrons. The third-order valence-corrected chi connectivity index (χ3v) is 2.67. The molecule has 5 heteroatoms. The highest BCUT2D eigenvalue weighted by Crippen LogP contribution is 2.16. The lowest BCUT2D eigenvalue weighted by Gasteiger charge is -2.15. The van der Waals surface area contributed by atoms with Crippen LogP contribution in [0.15, 0.2) is 4.99 Å². The van der Waals surface area contributed by atoms with E-state index in [1.54, 1.807) is 6.92 Å². The molecule has 1 amide bonds. The second-order valence-corrected chi connectivity index (χ2v) is 4.11. The van der Waals surface area contributed by atoms with Gasteiger partial charge in [-0.3, -0.25) is 4.79 Å². The Morgan fingerprint density at radius 2 is 1.80 bits per heavy atom. The first-order valence-electron chi connectivity index (χ1n) is 7.51. The van der Waals surface area contributed by atoms with Crippen LogP contribution in [0.4, 0.5) is 4.79 Å². The molecule has 0 fully saturated rings. The standard InChI is InChI=1S/C13H23NO4.C2H6/c1-4-7-8-11(14-13(17)18-6-3)10(5-2)9-12(15)16;1-2/h10H,4-9H2,1-3H3,(H,15,16);1-2H3/b14-11+;. The highest BCUT2D eigenvalue weighted by atomic mass is 16.5. The molecule has 0 aromatic rings. The van der Waals surface area contributed by atoms with Gasteiger partial charge in [0.1, 0.15) is 0 Å². The molecule has 0 spiro atoms. The molecule has 0 aromatic heterocycles. The number of unbranched alkanes of at least 4 members (excludes halogenated alkanes) is 1. The lowest BCUT2D eigenvalue weighted by atomic mass is 9.93. The van der Waals surface area contributed by atoms with Gasteiger partial charge in [-0.1, -0.05) is 34.1 Å². The van der Waals surface area contributed by atoms with Gasteiger partial charge in [0.05, 0.1) is 13.0 Å². The predicted molar refractivity (Wildman–Crippen MR) is 81.4 cm³/mol. The predicted octanol–water partition coefficient (Wildman–Crippen LogP) is 4.30. The maximum atomic E-state index is 11.4. The first-order chi connectivity index (χ1) is 9.54. The minimum Gasteiger partial charge on any atom is -0.481 e. The van der Waals surface area contributed by atoms with Crippen LogP contribution >= 0.6 is 0 Å². The number of ether oxygens (including phenoxy) is 1.